The number of nitrogens with zero attached hydrogens (tertiary/aromatic N) is 2. The van der Waals surface area contributed by atoms with Crippen molar-refractivity contribution >= 4 is 12.3 Å². The molecule has 124 valence electrons. The summed E-state index contributed by atoms with van der Waals surface area (Å²) in [6.07, 6.45) is 7.38. The summed E-state index contributed by atoms with van der Waals surface area (Å²) in [6, 6.07) is 0. The molecule has 0 saturated carbocycles. The summed E-state index contributed by atoms with van der Waals surface area (Å²) in [4.78, 5) is 17.9. The van der Waals surface area contributed by atoms with Gasteiger partial charge >= 0.3 is 6.09 Å². The van der Waals surface area contributed by atoms with Crippen LogP contribution in [0.1, 0.15) is 33.6 Å². The van der Waals surface area contributed by atoms with Crippen molar-refractivity contribution in [1.82, 2.24) is 10.2 Å². The number of carbonyl (C=O) groups excluding carboxylic acids is 1. The van der Waals surface area contributed by atoms with Gasteiger partial charge < -0.3 is 15.0 Å². The molecule has 0 aromatic carbocycles. The molecule has 0 aliphatic carbocycles. The van der Waals surface area contributed by atoms with Crippen molar-refractivity contribution < 1.29 is 9.53 Å². The van der Waals surface area contributed by atoms with Crippen LogP contribution in [0.4, 0.5) is 4.79 Å². The first-order chi connectivity index (χ1) is 10.4. The highest BCUT2D eigenvalue weighted by atomic mass is 16.6. The average molecular weight is 307 g/mol. The van der Waals surface area contributed by atoms with Crippen molar-refractivity contribution in [3.8, 4) is 0 Å². The summed E-state index contributed by atoms with van der Waals surface area (Å²) in [5.41, 5.74) is 0.655. The van der Waals surface area contributed by atoms with Crippen molar-refractivity contribution in [2.24, 2.45) is 10.9 Å². The molecule has 0 atom stereocenters. The van der Waals surface area contributed by atoms with Gasteiger partial charge in [0, 0.05) is 38.6 Å². The minimum absolute atomic E-state index is 0.333. The van der Waals surface area contributed by atoms with E-state index in [1.165, 1.54) is 0 Å². The van der Waals surface area contributed by atoms with E-state index in [0.717, 1.165) is 31.6 Å². The number of alkyl carbamates (subject to hydrolysis) is 1. The molecule has 0 spiro atoms. The SMILES string of the molecule is C=C/C(=C\C=NC)N1CCC(CNC(=O)OC(C)(C)C)CC1. The molecule has 5 heteroatoms. The molecule has 0 radical (unpaired) electrons. The van der Waals surface area contributed by atoms with Gasteiger partial charge in [-0.25, -0.2) is 4.79 Å². The van der Waals surface area contributed by atoms with Gasteiger partial charge in [-0.05, 0) is 51.7 Å². The Labute approximate surface area is 134 Å². The van der Waals surface area contributed by atoms with Crippen LogP contribution in [-0.4, -0.2) is 49.5 Å². The van der Waals surface area contributed by atoms with Gasteiger partial charge in [-0.2, -0.15) is 0 Å². The number of amides is 1. The van der Waals surface area contributed by atoms with Crippen LogP contribution in [0.15, 0.2) is 29.4 Å². The van der Waals surface area contributed by atoms with Crippen LogP contribution >= 0.6 is 0 Å². The van der Waals surface area contributed by atoms with E-state index in [0.29, 0.717) is 12.5 Å². The second-order valence-corrected chi connectivity index (χ2v) is 6.52. The van der Waals surface area contributed by atoms with Gasteiger partial charge in [-0.1, -0.05) is 6.58 Å². The molecule has 0 aromatic rings. The van der Waals surface area contributed by atoms with Crippen molar-refractivity contribution in [1.29, 1.82) is 0 Å². The first kappa shape index (κ1) is 18.3. The minimum Gasteiger partial charge on any atom is -0.444 e. The van der Waals surface area contributed by atoms with Crippen molar-refractivity contribution in [3.63, 3.8) is 0 Å². The maximum absolute atomic E-state index is 11.7. The number of aliphatic imine (C=N–C) groups is 1. The molecule has 1 aliphatic rings. The van der Waals surface area contributed by atoms with E-state index in [-0.39, 0.29) is 6.09 Å². The predicted octanol–water partition coefficient (Wildman–Crippen LogP) is 2.99. The third kappa shape index (κ3) is 6.78. The third-order valence-corrected chi connectivity index (χ3v) is 3.52. The van der Waals surface area contributed by atoms with E-state index in [1.807, 2.05) is 32.9 Å². The van der Waals surface area contributed by atoms with Crippen LogP contribution in [0.2, 0.25) is 0 Å². The Hall–Kier alpha value is -1.78. The van der Waals surface area contributed by atoms with Gasteiger partial charge in [0.1, 0.15) is 5.60 Å². The van der Waals surface area contributed by atoms with Gasteiger partial charge in [0.15, 0.2) is 0 Å². The van der Waals surface area contributed by atoms with E-state index >= 15 is 0 Å². The maximum Gasteiger partial charge on any atom is 0.407 e. The smallest absolute Gasteiger partial charge is 0.407 e. The molecule has 1 amide bonds. The lowest BCUT2D eigenvalue weighted by atomic mass is 9.96. The topological polar surface area (TPSA) is 53.9 Å². The number of hydrogen-bond acceptors (Lipinski definition) is 4. The van der Waals surface area contributed by atoms with Crippen LogP contribution in [-0.2, 0) is 4.74 Å². The van der Waals surface area contributed by atoms with Crippen LogP contribution in [0, 0.1) is 5.92 Å². The number of piperidine rings is 1. The first-order valence-corrected chi connectivity index (χ1v) is 7.82. The number of rotatable bonds is 5. The lowest BCUT2D eigenvalue weighted by molar-refractivity contribution is 0.0512. The number of nitrogens with one attached hydrogen (secondary N) is 1. The maximum atomic E-state index is 11.7. The molecule has 0 unspecified atom stereocenters. The molecular weight excluding hydrogens is 278 g/mol. The molecule has 1 aliphatic heterocycles. The minimum atomic E-state index is -0.446. The summed E-state index contributed by atoms with van der Waals surface area (Å²) in [7, 11) is 1.76. The lowest BCUT2D eigenvalue weighted by Gasteiger charge is -2.34. The number of ether oxygens (including phenoxy) is 1. The van der Waals surface area contributed by atoms with E-state index in [2.05, 4.69) is 21.8 Å². The Kier molecular flexibility index (Phi) is 7.15. The second-order valence-electron chi connectivity index (χ2n) is 6.52. The summed E-state index contributed by atoms with van der Waals surface area (Å²) in [5, 5.41) is 2.87. The Balaban J connectivity index is 2.36. The zero-order chi connectivity index (χ0) is 16.6. The summed E-state index contributed by atoms with van der Waals surface area (Å²) in [6.45, 7) is 12.1. The highest BCUT2D eigenvalue weighted by Gasteiger charge is 2.21. The normalized spacial score (nSPS) is 17.6. The molecule has 1 fully saturated rings. The molecule has 0 bridgehead atoms. The standard InChI is InChI=1S/C17H29N3O2/c1-6-15(7-10-18-5)20-11-8-14(9-12-20)13-19-16(21)22-17(2,3)4/h6-7,10,14H,1,8-9,11-13H2,2-5H3,(H,19,21)/b15-7+,18-10?. The number of hydrogen-bond donors (Lipinski definition) is 1. The molecule has 1 heterocycles. The largest absolute Gasteiger partial charge is 0.444 e. The first-order valence-electron chi connectivity index (χ1n) is 7.82. The Morgan fingerprint density at radius 3 is 2.55 bits per heavy atom. The van der Waals surface area contributed by atoms with Crippen LogP contribution in [0.3, 0.4) is 0 Å². The number of allylic oxidation sites excluding steroid dienone is 2. The fourth-order valence-electron chi connectivity index (χ4n) is 2.39. The molecule has 22 heavy (non-hydrogen) atoms. The zero-order valence-corrected chi connectivity index (χ0v) is 14.3. The highest BCUT2D eigenvalue weighted by molar-refractivity contribution is 5.72. The third-order valence-electron chi connectivity index (χ3n) is 3.52. The van der Waals surface area contributed by atoms with Gasteiger partial charge in [0.05, 0.1) is 0 Å². The summed E-state index contributed by atoms with van der Waals surface area (Å²) in [5.74, 6) is 0.495. The monoisotopic (exact) mass is 307 g/mol. The number of likely N-dealkylation sites (tertiary alicyclic amines) is 1. The van der Waals surface area contributed by atoms with Crippen LogP contribution < -0.4 is 5.32 Å². The van der Waals surface area contributed by atoms with Crippen LogP contribution in [0.5, 0.6) is 0 Å². The quantitative estimate of drug-likeness (QED) is 0.627. The van der Waals surface area contributed by atoms with Crippen molar-refractivity contribution in [3.05, 3.63) is 24.4 Å². The fourth-order valence-corrected chi connectivity index (χ4v) is 2.39. The van der Waals surface area contributed by atoms with E-state index in [4.69, 9.17) is 4.74 Å². The lowest BCUT2D eigenvalue weighted by Crippen LogP contribution is -2.39. The average Bonchev–Trinajstić information content (AvgIpc) is 2.45. The van der Waals surface area contributed by atoms with Crippen molar-refractivity contribution in [2.75, 3.05) is 26.7 Å². The molecule has 1 rings (SSSR count). The zero-order valence-electron chi connectivity index (χ0n) is 14.3. The van der Waals surface area contributed by atoms with Crippen LogP contribution in [0.25, 0.3) is 0 Å². The number of carbonyl (C=O) groups is 1. The molecular formula is C17H29N3O2. The Morgan fingerprint density at radius 2 is 2.05 bits per heavy atom. The summed E-state index contributed by atoms with van der Waals surface area (Å²) < 4.78 is 5.25. The molecule has 0 aromatic heterocycles. The van der Waals surface area contributed by atoms with Gasteiger partial charge in [0.25, 0.3) is 0 Å². The molecule has 5 nitrogen and oxygen atoms in total. The Bertz CT molecular complexity index is 428. The predicted molar refractivity (Wildman–Crippen MR) is 91.2 cm³/mol. The van der Waals surface area contributed by atoms with Gasteiger partial charge in [-0.3, -0.25) is 4.99 Å². The highest BCUT2D eigenvalue weighted by Crippen LogP contribution is 2.20. The second kappa shape index (κ2) is 8.61. The van der Waals surface area contributed by atoms with E-state index in [9.17, 15) is 4.79 Å². The molecule has 1 saturated heterocycles. The summed E-state index contributed by atoms with van der Waals surface area (Å²) >= 11 is 0. The van der Waals surface area contributed by atoms with E-state index < -0.39 is 5.60 Å². The van der Waals surface area contributed by atoms with Gasteiger partial charge in [-0.15, -0.1) is 0 Å². The van der Waals surface area contributed by atoms with Crippen molar-refractivity contribution in [2.45, 2.75) is 39.2 Å². The fraction of sp³-hybridized carbons (Fsp3) is 0.647. The van der Waals surface area contributed by atoms with E-state index in [1.54, 1.807) is 13.3 Å². The molecule has 1 N–H and O–H groups in total. The Morgan fingerprint density at radius 1 is 1.41 bits per heavy atom. The van der Waals surface area contributed by atoms with Gasteiger partial charge in [0.2, 0.25) is 0 Å².